The molecule has 26 heavy (non-hydrogen) atoms. The number of ether oxygens (including phenoxy) is 1. The van der Waals surface area contributed by atoms with Crippen LogP contribution in [0.2, 0.25) is 0 Å². The van der Waals surface area contributed by atoms with Crippen molar-refractivity contribution in [3.8, 4) is 5.75 Å². The van der Waals surface area contributed by atoms with Gasteiger partial charge in [-0.25, -0.2) is 4.98 Å². The van der Waals surface area contributed by atoms with E-state index in [1.54, 1.807) is 26.1 Å². The molecule has 1 unspecified atom stereocenters. The van der Waals surface area contributed by atoms with Gasteiger partial charge in [0.25, 0.3) is 5.56 Å². The number of rotatable bonds is 6. The number of amides is 1. The van der Waals surface area contributed by atoms with E-state index in [1.807, 2.05) is 30.5 Å². The first kappa shape index (κ1) is 18.5. The van der Waals surface area contributed by atoms with Crippen molar-refractivity contribution in [2.75, 3.05) is 11.9 Å². The minimum atomic E-state index is -0.407. The molecule has 1 N–H and O–H groups in total. The Kier molecular flexibility index (Phi) is 5.63. The van der Waals surface area contributed by atoms with Gasteiger partial charge < -0.3 is 10.1 Å². The molecule has 0 aliphatic rings. The van der Waals surface area contributed by atoms with Crippen molar-refractivity contribution in [3.05, 3.63) is 46.1 Å². The summed E-state index contributed by atoms with van der Waals surface area (Å²) in [6.07, 6.45) is 0. The smallest absolute Gasteiger partial charge is 0.271 e. The summed E-state index contributed by atoms with van der Waals surface area (Å²) in [6.45, 7) is 4.31. The zero-order valence-corrected chi connectivity index (χ0v) is 16.3. The van der Waals surface area contributed by atoms with E-state index in [-0.39, 0.29) is 11.5 Å². The van der Waals surface area contributed by atoms with Gasteiger partial charge in [0, 0.05) is 12.7 Å². The molecule has 8 heteroatoms. The van der Waals surface area contributed by atoms with Crippen LogP contribution in [0.5, 0.6) is 5.75 Å². The third-order valence-electron chi connectivity index (χ3n) is 3.73. The van der Waals surface area contributed by atoms with Gasteiger partial charge >= 0.3 is 0 Å². The molecule has 6 nitrogen and oxygen atoms in total. The molecular weight excluding hydrogens is 370 g/mol. The third kappa shape index (κ3) is 3.91. The first-order chi connectivity index (χ1) is 12.5. The molecule has 136 valence electrons. The Morgan fingerprint density at radius 3 is 2.77 bits per heavy atom. The second-order valence-corrected chi connectivity index (χ2v) is 7.82. The average molecular weight is 390 g/mol. The van der Waals surface area contributed by atoms with Crippen molar-refractivity contribution in [3.63, 3.8) is 0 Å². The number of carbonyl (C=O) groups is 1. The van der Waals surface area contributed by atoms with Crippen molar-refractivity contribution >= 4 is 44.9 Å². The van der Waals surface area contributed by atoms with Gasteiger partial charge in [-0.2, -0.15) is 0 Å². The first-order valence-electron chi connectivity index (χ1n) is 8.14. The maximum Gasteiger partial charge on any atom is 0.271 e. The fourth-order valence-electron chi connectivity index (χ4n) is 2.33. The molecule has 0 bridgehead atoms. The highest BCUT2D eigenvalue weighted by molar-refractivity contribution is 8.00. The van der Waals surface area contributed by atoms with Crippen molar-refractivity contribution in [2.24, 2.45) is 7.05 Å². The summed E-state index contributed by atoms with van der Waals surface area (Å²) in [4.78, 5) is 29.3. The topological polar surface area (TPSA) is 73.2 Å². The Hall–Kier alpha value is -2.32. The number of anilines is 1. The zero-order chi connectivity index (χ0) is 18.7. The minimum absolute atomic E-state index is 0.0911. The van der Waals surface area contributed by atoms with Crippen LogP contribution in [-0.4, -0.2) is 27.3 Å². The van der Waals surface area contributed by atoms with Gasteiger partial charge in [0.05, 0.1) is 17.4 Å². The Balaban J connectivity index is 1.71. The lowest BCUT2D eigenvalue weighted by molar-refractivity contribution is -0.115. The number of thioether (sulfide) groups is 1. The Morgan fingerprint density at radius 2 is 2.08 bits per heavy atom. The summed E-state index contributed by atoms with van der Waals surface area (Å²) in [7, 11) is 1.67. The number of aromatic nitrogens is 2. The van der Waals surface area contributed by atoms with E-state index < -0.39 is 5.25 Å². The van der Waals surface area contributed by atoms with E-state index in [1.165, 1.54) is 27.7 Å². The van der Waals surface area contributed by atoms with Gasteiger partial charge in [0.1, 0.15) is 10.4 Å². The number of thiophene rings is 1. The lowest BCUT2D eigenvalue weighted by atomic mass is 10.3. The van der Waals surface area contributed by atoms with Gasteiger partial charge in [0.2, 0.25) is 5.91 Å². The molecule has 0 aliphatic carbocycles. The van der Waals surface area contributed by atoms with Crippen LogP contribution in [0.25, 0.3) is 10.2 Å². The van der Waals surface area contributed by atoms with Crippen LogP contribution in [0, 0.1) is 0 Å². The van der Waals surface area contributed by atoms with E-state index in [0.29, 0.717) is 27.7 Å². The van der Waals surface area contributed by atoms with E-state index in [9.17, 15) is 9.59 Å². The predicted octanol–water partition coefficient (Wildman–Crippen LogP) is 3.51. The van der Waals surface area contributed by atoms with Crippen LogP contribution in [0.15, 0.2) is 45.7 Å². The SMILES string of the molecule is CCOc1ccc(NC(=O)C(C)Sc2nc3ccsc3c(=O)n2C)cc1. The number of fused-ring (bicyclic) bond motifs is 1. The molecule has 1 atom stereocenters. The van der Waals surface area contributed by atoms with Crippen LogP contribution in [-0.2, 0) is 11.8 Å². The van der Waals surface area contributed by atoms with Gasteiger partial charge in [-0.05, 0) is 49.6 Å². The Morgan fingerprint density at radius 1 is 1.35 bits per heavy atom. The third-order valence-corrected chi connectivity index (χ3v) is 5.77. The van der Waals surface area contributed by atoms with Gasteiger partial charge in [0.15, 0.2) is 5.16 Å². The summed E-state index contributed by atoms with van der Waals surface area (Å²) in [5.74, 6) is 0.606. The molecule has 0 fully saturated rings. The summed E-state index contributed by atoms with van der Waals surface area (Å²) in [5.41, 5.74) is 1.27. The molecule has 2 heterocycles. The highest BCUT2D eigenvalue weighted by atomic mass is 32.2. The number of benzene rings is 1. The lowest BCUT2D eigenvalue weighted by Gasteiger charge is -2.13. The van der Waals surface area contributed by atoms with Crippen LogP contribution in [0.4, 0.5) is 5.69 Å². The molecule has 0 saturated carbocycles. The molecule has 0 saturated heterocycles. The normalized spacial score (nSPS) is 12.1. The Bertz CT molecular complexity index is 980. The van der Waals surface area contributed by atoms with E-state index in [0.717, 1.165) is 5.75 Å². The van der Waals surface area contributed by atoms with Crippen LogP contribution in [0.1, 0.15) is 13.8 Å². The number of hydrogen-bond donors (Lipinski definition) is 1. The van der Waals surface area contributed by atoms with Crippen molar-refractivity contribution < 1.29 is 9.53 Å². The molecule has 3 rings (SSSR count). The average Bonchev–Trinajstić information content (AvgIpc) is 3.10. The maximum atomic E-state index is 12.5. The van der Waals surface area contributed by atoms with Gasteiger partial charge in [-0.1, -0.05) is 11.8 Å². The van der Waals surface area contributed by atoms with E-state index in [2.05, 4.69) is 10.3 Å². The lowest BCUT2D eigenvalue weighted by Crippen LogP contribution is -2.25. The number of nitrogens with one attached hydrogen (secondary N) is 1. The van der Waals surface area contributed by atoms with Gasteiger partial charge in [-0.15, -0.1) is 11.3 Å². The van der Waals surface area contributed by atoms with E-state index >= 15 is 0 Å². The summed E-state index contributed by atoms with van der Waals surface area (Å²) >= 11 is 2.63. The van der Waals surface area contributed by atoms with Crippen LogP contribution in [0.3, 0.4) is 0 Å². The van der Waals surface area contributed by atoms with Crippen LogP contribution >= 0.6 is 23.1 Å². The summed E-state index contributed by atoms with van der Waals surface area (Å²) in [6, 6.07) is 9.03. The zero-order valence-electron chi connectivity index (χ0n) is 14.7. The fraction of sp³-hybridized carbons (Fsp3) is 0.278. The van der Waals surface area contributed by atoms with Crippen molar-refractivity contribution in [1.29, 1.82) is 0 Å². The maximum absolute atomic E-state index is 12.5. The number of nitrogens with zero attached hydrogens (tertiary/aromatic N) is 2. The highest BCUT2D eigenvalue weighted by Crippen LogP contribution is 2.25. The molecule has 1 amide bonds. The standard InChI is InChI=1S/C18H19N3O3S2/c1-4-24-13-7-5-12(6-8-13)19-16(22)11(2)26-18-20-14-9-10-25-15(14)17(23)21(18)3/h5-11H,4H2,1-3H3,(H,19,22). The molecule has 0 spiro atoms. The second kappa shape index (κ2) is 7.92. The number of carbonyl (C=O) groups excluding carboxylic acids is 1. The van der Waals surface area contributed by atoms with Crippen molar-refractivity contribution in [1.82, 2.24) is 9.55 Å². The molecular formula is C18H19N3O3S2. The molecule has 0 aliphatic heterocycles. The predicted molar refractivity (Wildman–Crippen MR) is 106 cm³/mol. The Labute approximate surface area is 159 Å². The van der Waals surface area contributed by atoms with Gasteiger partial charge in [-0.3, -0.25) is 14.2 Å². The van der Waals surface area contributed by atoms with Crippen LogP contribution < -0.4 is 15.6 Å². The molecule has 0 radical (unpaired) electrons. The quantitative estimate of drug-likeness (QED) is 0.516. The monoisotopic (exact) mass is 389 g/mol. The minimum Gasteiger partial charge on any atom is -0.494 e. The second-order valence-electron chi connectivity index (χ2n) is 5.60. The fourth-order valence-corrected chi connectivity index (χ4v) is 4.01. The first-order valence-corrected chi connectivity index (χ1v) is 9.90. The highest BCUT2D eigenvalue weighted by Gasteiger charge is 2.18. The van der Waals surface area contributed by atoms with Crippen molar-refractivity contribution in [2.45, 2.75) is 24.3 Å². The molecule has 1 aromatic carbocycles. The van der Waals surface area contributed by atoms with E-state index in [4.69, 9.17) is 4.74 Å². The summed E-state index contributed by atoms with van der Waals surface area (Å²) in [5, 5.41) is 4.83. The number of hydrogen-bond acceptors (Lipinski definition) is 6. The summed E-state index contributed by atoms with van der Waals surface area (Å²) < 4.78 is 7.51. The molecule has 3 aromatic rings. The molecule has 2 aromatic heterocycles. The largest absolute Gasteiger partial charge is 0.494 e.